The second kappa shape index (κ2) is 13.2. The minimum Gasteiger partial charge on any atom is -0.493 e. The Kier molecular flexibility index (Phi) is 11.8. The van der Waals surface area contributed by atoms with Crippen LogP contribution in [0.1, 0.15) is 92.4 Å². The SMILES string of the molecule is CCn1cc(O)n(CCC(C)(C)CCCCOCCCCC(C)(C)CCCO)c1=O. The van der Waals surface area contributed by atoms with Crippen molar-refractivity contribution in [3.05, 3.63) is 16.7 Å². The average molecular weight is 427 g/mol. The molecule has 30 heavy (non-hydrogen) atoms. The van der Waals surface area contributed by atoms with Crippen molar-refractivity contribution in [1.82, 2.24) is 9.13 Å². The van der Waals surface area contributed by atoms with Crippen LogP contribution < -0.4 is 5.69 Å². The number of nitrogens with zero attached hydrogens (tertiary/aromatic N) is 2. The lowest BCUT2D eigenvalue weighted by molar-refractivity contribution is 0.119. The lowest BCUT2D eigenvalue weighted by Gasteiger charge is -2.25. The molecule has 0 aliphatic heterocycles. The molecule has 0 aromatic carbocycles. The lowest BCUT2D eigenvalue weighted by Crippen LogP contribution is -2.26. The third kappa shape index (κ3) is 10.2. The Balaban J connectivity index is 2.13. The molecule has 0 radical (unpaired) electrons. The van der Waals surface area contributed by atoms with Gasteiger partial charge in [-0.1, -0.05) is 40.5 Å². The van der Waals surface area contributed by atoms with Gasteiger partial charge in [-0.2, -0.15) is 0 Å². The van der Waals surface area contributed by atoms with Crippen molar-refractivity contribution < 1.29 is 14.9 Å². The Morgan fingerprint density at radius 1 is 0.900 bits per heavy atom. The molecule has 176 valence electrons. The number of hydrogen-bond donors (Lipinski definition) is 2. The fourth-order valence-corrected chi connectivity index (χ4v) is 3.89. The minimum atomic E-state index is -0.129. The van der Waals surface area contributed by atoms with Crippen LogP contribution >= 0.6 is 0 Å². The van der Waals surface area contributed by atoms with Gasteiger partial charge in [-0.15, -0.1) is 0 Å². The number of unbranched alkanes of at least 4 members (excludes halogenated alkanes) is 2. The summed E-state index contributed by atoms with van der Waals surface area (Å²) in [5, 5.41) is 18.9. The van der Waals surface area contributed by atoms with Crippen LogP contribution in [0.15, 0.2) is 11.0 Å². The standard InChI is InChI=1S/C24H46N2O4/c1-6-25-20-21(28)26(22(25)29)16-15-24(4,5)13-8-10-19-30-18-9-7-12-23(2,3)14-11-17-27/h20,27-28H,6-19H2,1-5H3. The second-order valence-corrected chi connectivity index (χ2v) is 10.1. The highest BCUT2D eigenvalue weighted by Crippen LogP contribution is 2.29. The molecule has 0 saturated carbocycles. The molecule has 0 atom stereocenters. The van der Waals surface area contributed by atoms with Crippen molar-refractivity contribution in [2.24, 2.45) is 10.8 Å². The van der Waals surface area contributed by atoms with Crippen LogP contribution in [0.3, 0.4) is 0 Å². The average Bonchev–Trinajstić information content (AvgIpc) is 2.96. The summed E-state index contributed by atoms with van der Waals surface area (Å²) in [6.07, 6.45) is 11.1. The third-order valence-corrected chi connectivity index (χ3v) is 6.17. The van der Waals surface area contributed by atoms with E-state index in [0.717, 1.165) is 58.2 Å². The number of aryl methyl sites for hydroxylation is 1. The predicted octanol–water partition coefficient (Wildman–Crippen LogP) is 4.95. The molecular weight excluding hydrogens is 380 g/mol. The van der Waals surface area contributed by atoms with Gasteiger partial charge in [-0.25, -0.2) is 4.79 Å². The van der Waals surface area contributed by atoms with E-state index in [-0.39, 0.29) is 23.6 Å². The summed E-state index contributed by atoms with van der Waals surface area (Å²) in [5.74, 6) is 0.0582. The van der Waals surface area contributed by atoms with Crippen molar-refractivity contribution in [3.8, 4) is 5.88 Å². The van der Waals surface area contributed by atoms with Crippen LogP contribution in [0.2, 0.25) is 0 Å². The van der Waals surface area contributed by atoms with Crippen LogP contribution in [0.4, 0.5) is 0 Å². The molecular formula is C24H46N2O4. The summed E-state index contributed by atoms with van der Waals surface area (Å²) >= 11 is 0. The van der Waals surface area contributed by atoms with Crippen molar-refractivity contribution in [3.63, 3.8) is 0 Å². The zero-order valence-electron chi connectivity index (χ0n) is 20.1. The monoisotopic (exact) mass is 426 g/mol. The van der Waals surface area contributed by atoms with E-state index in [1.54, 1.807) is 0 Å². The summed E-state index contributed by atoms with van der Waals surface area (Å²) in [5.41, 5.74) is 0.312. The van der Waals surface area contributed by atoms with Crippen molar-refractivity contribution >= 4 is 0 Å². The Labute approximate surface area is 183 Å². The van der Waals surface area contributed by atoms with Crippen LogP contribution in [-0.4, -0.2) is 39.2 Å². The fourth-order valence-electron chi connectivity index (χ4n) is 3.89. The zero-order chi connectivity index (χ0) is 22.6. The van der Waals surface area contributed by atoms with Gasteiger partial charge in [0.15, 0.2) is 0 Å². The van der Waals surface area contributed by atoms with Crippen LogP contribution in [0.25, 0.3) is 0 Å². The van der Waals surface area contributed by atoms with Gasteiger partial charge < -0.3 is 14.9 Å². The van der Waals surface area contributed by atoms with Gasteiger partial charge >= 0.3 is 5.69 Å². The first-order valence-electron chi connectivity index (χ1n) is 11.8. The second-order valence-electron chi connectivity index (χ2n) is 10.1. The van der Waals surface area contributed by atoms with E-state index in [2.05, 4.69) is 27.7 Å². The molecule has 1 heterocycles. The summed E-state index contributed by atoms with van der Waals surface area (Å²) in [7, 11) is 0. The highest BCUT2D eigenvalue weighted by atomic mass is 16.5. The van der Waals surface area contributed by atoms with Gasteiger partial charge in [0.05, 0.1) is 6.20 Å². The largest absolute Gasteiger partial charge is 0.493 e. The van der Waals surface area contributed by atoms with Gasteiger partial charge in [-0.05, 0) is 62.7 Å². The molecule has 0 spiro atoms. The van der Waals surface area contributed by atoms with E-state index in [9.17, 15) is 9.90 Å². The molecule has 1 rings (SSSR count). The molecule has 0 aliphatic rings. The maximum absolute atomic E-state index is 12.2. The first kappa shape index (κ1) is 26.8. The van der Waals surface area contributed by atoms with E-state index in [1.807, 2.05) is 6.92 Å². The Hall–Kier alpha value is -1.27. The third-order valence-electron chi connectivity index (χ3n) is 6.17. The molecule has 2 N–H and O–H groups in total. The number of imidazole rings is 1. The molecule has 0 amide bonds. The highest BCUT2D eigenvalue weighted by Gasteiger charge is 2.19. The molecule has 0 bridgehead atoms. The number of rotatable bonds is 17. The number of aromatic nitrogens is 2. The number of hydrogen-bond acceptors (Lipinski definition) is 4. The van der Waals surface area contributed by atoms with E-state index in [1.165, 1.54) is 28.2 Å². The summed E-state index contributed by atoms with van der Waals surface area (Å²) in [6.45, 7) is 14.0. The van der Waals surface area contributed by atoms with Gasteiger partial charge in [0.2, 0.25) is 5.88 Å². The summed E-state index contributed by atoms with van der Waals surface area (Å²) in [4.78, 5) is 12.2. The van der Waals surface area contributed by atoms with Crippen LogP contribution in [-0.2, 0) is 17.8 Å². The highest BCUT2D eigenvalue weighted by molar-refractivity contribution is 5.05. The predicted molar refractivity (Wildman–Crippen MR) is 123 cm³/mol. The number of ether oxygens (including phenoxy) is 1. The number of aliphatic hydroxyl groups excluding tert-OH is 1. The van der Waals surface area contributed by atoms with Gasteiger partial charge in [0.1, 0.15) is 0 Å². The van der Waals surface area contributed by atoms with E-state index in [4.69, 9.17) is 9.84 Å². The van der Waals surface area contributed by atoms with Gasteiger partial charge in [0.25, 0.3) is 0 Å². The van der Waals surface area contributed by atoms with E-state index < -0.39 is 0 Å². The van der Waals surface area contributed by atoms with E-state index in [0.29, 0.717) is 18.5 Å². The molecule has 0 unspecified atom stereocenters. The van der Waals surface area contributed by atoms with Crippen molar-refractivity contribution in [2.75, 3.05) is 19.8 Å². The topological polar surface area (TPSA) is 76.6 Å². The summed E-state index contributed by atoms with van der Waals surface area (Å²) < 4.78 is 8.81. The molecule has 6 nitrogen and oxygen atoms in total. The molecule has 0 saturated heterocycles. The number of aromatic hydroxyl groups is 1. The Morgan fingerprint density at radius 2 is 1.43 bits per heavy atom. The van der Waals surface area contributed by atoms with E-state index >= 15 is 0 Å². The Bertz CT molecular complexity index is 646. The quantitative estimate of drug-likeness (QED) is 0.346. The first-order chi connectivity index (χ1) is 14.1. The molecule has 0 aliphatic carbocycles. The minimum absolute atomic E-state index is 0.0582. The maximum atomic E-state index is 12.2. The lowest BCUT2D eigenvalue weighted by atomic mass is 9.83. The Morgan fingerprint density at radius 3 is 1.93 bits per heavy atom. The van der Waals surface area contributed by atoms with Crippen LogP contribution in [0, 0.1) is 10.8 Å². The molecule has 6 heteroatoms. The van der Waals surface area contributed by atoms with Gasteiger partial charge in [-0.3, -0.25) is 9.13 Å². The molecule has 0 fully saturated rings. The van der Waals surface area contributed by atoms with Gasteiger partial charge in [0, 0.05) is 32.9 Å². The van der Waals surface area contributed by atoms with Crippen LogP contribution in [0.5, 0.6) is 5.88 Å². The summed E-state index contributed by atoms with van der Waals surface area (Å²) in [6, 6.07) is 0. The zero-order valence-corrected chi connectivity index (χ0v) is 20.1. The smallest absolute Gasteiger partial charge is 0.331 e. The molecule has 1 aromatic heterocycles. The van der Waals surface area contributed by atoms with Crippen molar-refractivity contribution in [1.29, 1.82) is 0 Å². The number of aliphatic hydroxyl groups is 1. The first-order valence-corrected chi connectivity index (χ1v) is 11.8. The normalized spacial score (nSPS) is 12.6. The van der Waals surface area contributed by atoms with Crippen molar-refractivity contribution in [2.45, 2.75) is 105 Å². The fraction of sp³-hybridized carbons (Fsp3) is 0.875. The molecule has 1 aromatic rings. The maximum Gasteiger partial charge on any atom is 0.331 e.